The third-order valence-corrected chi connectivity index (χ3v) is 4.36. The predicted octanol–water partition coefficient (Wildman–Crippen LogP) is 3.47. The summed E-state index contributed by atoms with van der Waals surface area (Å²) < 4.78 is 11.2. The van der Waals surface area contributed by atoms with Crippen molar-refractivity contribution in [2.24, 2.45) is 0 Å². The van der Waals surface area contributed by atoms with Crippen LogP contribution in [0.4, 0.5) is 0 Å². The highest BCUT2D eigenvalue weighted by molar-refractivity contribution is 5.53. The molecular weight excluding hydrogens is 304 g/mol. The molecule has 24 heavy (non-hydrogen) atoms. The highest BCUT2D eigenvalue weighted by Crippen LogP contribution is 2.49. The maximum absolute atomic E-state index is 5.69. The zero-order chi connectivity index (χ0) is 16.6. The lowest BCUT2D eigenvalue weighted by Gasteiger charge is -2.18. The summed E-state index contributed by atoms with van der Waals surface area (Å²) >= 11 is 0. The molecule has 0 spiro atoms. The van der Waals surface area contributed by atoms with Crippen LogP contribution < -0.4 is 4.74 Å². The van der Waals surface area contributed by atoms with Crippen LogP contribution in [0.2, 0.25) is 0 Å². The van der Waals surface area contributed by atoms with Crippen LogP contribution in [0.25, 0.3) is 11.4 Å². The van der Waals surface area contributed by atoms with Crippen molar-refractivity contribution in [1.29, 1.82) is 0 Å². The lowest BCUT2D eigenvalue weighted by atomic mass is 10.2. The summed E-state index contributed by atoms with van der Waals surface area (Å²) in [5.74, 6) is 2.51. The molecule has 122 valence electrons. The summed E-state index contributed by atoms with van der Waals surface area (Å²) in [6.45, 7) is 0. The molecule has 0 amide bonds. The highest BCUT2D eigenvalue weighted by atomic mass is 16.5. The first kappa shape index (κ1) is 14.8. The van der Waals surface area contributed by atoms with Crippen molar-refractivity contribution in [3.63, 3.8) is 0 Å². The molecular formula is C18H18N4O2. The monoisotopic (exact) mass is 322 g/mol. The average Bonchev–Trinajstić information content (AvgIpc) is 3.28. The zero-order valence-corrected chi connectivity index (χ0v) is 13.6. The summed E-state index contributed by atoms with van der Waals surface area (Å²) in [6, 6.07) is 13.2. The fraction of sp³-hybridized carbons (Fsp3) is 0.278. The van der Waals surface area contributed by atoms with Gasteiger partial charge < -0.3 is 9.26 Å². The topological polar surface area (TPSA) is 64.3 Å². The van der Waals surface area contributed by atoms with E-state index in [1.54, 1.807) is 12.3 Å². The Morgan fingerprint density at radius 2 is 1.88 bits per heavy atom. The Bertz CT molecular complexity index is 824. The Morgan fingerprint density at radius 1 is 1.08 bits per heavy atom. The number of ether oxygens (including phenoxy) is 1. The number of para-hydroxylation sites is 1. The van der Waals surface area contributed by atoms with Gasteiger partial charge in [-0.25, -0.2) is 4.98 Å². The number of hydrogen-bond donors (Lipinski definition) is 0. The minimum absolute atomic E-state index is 0.0883. The van der Waals surface area contributed by atoms with E-state index in [0.29, 0.717) is 17.6 Å². The maximum atomic E-state index is 5.69. The number of nitrogens with zero attached hydrogens (tertiary/aromatic N) is 4. The Balaban J connectivity index is 1.52. The molecule has 0 unspecified atom stereocenters. The van der Waals surface area contributed by atoms with Gasteiger partial charge in [0.1, 0.15) is 11.3 Å². The third kappa shape index (κ3) is 2.65. The average molecular weight is 322 g/mol. The summed E-state index contributed by atoms with van der Waals surface area (Å²) in [5, 5.41) is 4.10. The molecule has 1 fully saturated rings. The molecule has 0 N–H and O–H groups in total. The number of benzene rings is 1. The number of rotatable bonds is 5. The van der Waals surface area contributed by atoms with Gasteiger partial charge in [0.25, 0.3) is 0 Å². The van der Waals surface area contributed by atoms with Crippen molar-refractivity contribution in [1.82, 2.24) is 20.0 Å². The van der Waals surface area contributed by atoms with E-state index in [1.165, 1.54) is 0 Å². The first-order valence-corrected chi connectivity index (χ1v) is 7.88. The van der Waals surface area contributed by atoms with Crippen LogP contribution in [0.3, 0.4) is 0 Å². The predicted molar refractivity (Wildman–Crippen MR) is 88.6 cm³/mol. The first-order valence-electron chi connectivity index (χ1n) is 7.88. The smallest absolute Gasteiger partial charge is 0.247 e. The van der Waals surface area contributed by atoms with Gasteiger partial charge in [-0.2, -0.15) is 4.98 Å². The maximum Gasteiger partial charge on any atom is 0.247 e. The number of aromatic nitrogens is 3. The van der Waals surface area contributed by atoms with Crippen molar-refractivity contribution in [2.75, 3.05) is 14.1 Å². The zero-order valence-electron chi connectivity index (χ0n) is 13.6. The lowest BCUT2D eigenvalue weighted by Crippen LogP contribution is -2.27. The standard InChI is InChI=1S/C18H18N4O2/c1-22(2)18(10-11-18)17-20-16(21-24-17)13-8-9-15(19-12-13)23-14-6-4-3-5-7-14/h3-9,12H,10-11H2,1-2H3. The van der Waals surface area contributed by atoms with E-state index in [4.69, 9.17) is 9.26 Å². The Kier molecular flexibility index (Phi) is 3.54. The van der Waals surface area contributed by atoms with Gasteiger partial charge in [0.05, 0.1) is 0 Å². The normalized spacial score (nSPS) is 15.5. The van der Waals surface area contributed by atoms with Gasteiger partial charge in [0.15, 0.2) is 0 Å². The van der Waals surface area contributed by atoms with Crippen molar-refractivity contribution in [3.8, 4) is 23.0 Å². The summed E-state index contributed by atoms with van der Waals surface area (Å²) in [4.78, 5) is 11.0. The summed E-state index contributed by atoms with van der Waals surface area (Å²) in [7, 11) is 4.07. The van der Waals surface area contributed by atoms with Crippen LogP contribution in [0.5, 0.6) is 11.6 Å². The Hall–Kier alpha value is -2.73. The van der Waals surface area contributed by atoms with Crippen LogP contribution in [0.15, 0.2) is 53.2 Å². The van der Waals surface area contributed by atoms with E-state index >= 15 is 0 Å². The van der Waals surface area contributed by atoms with E-state index < -0.39 is 0 Å². The minimum Gasteiger partial charge on any atom is -0.439 e. The molecule has 1 aliphatic carbocycles. The first-order chi connectivity index (χ1) is 11.7. The molecule has 1 aromatic carbocycles. The summed E-state index contributed by atoms with van der Waals surface area (Å²) in [5.41, 5.74) is 0.717. The minimum atomic E-state index is -0.0883. The molecule has 1 saturated carbocycles. The van der Waals surface area contributed by atoms with Crippen LogP contribution in [0, 0.1) is 0 Å². The molecule has 6 nitrogen and oxygen atoms in total. The van der Waals surface area contributed by atoms with E-state index in [9.17, 15) is 0 Å². The second-order valence-corrected chi connectivity index (χ2v) is 6.15. The van der Waals surface area contributed by atoms with Gasteiger partial charge in [-0.3, -0.25) is 4.90 Å². The molecule has 0 bridgehead atoms. The SMILES string of the molecule is CN(C)C1(c2nc(-c3ccc(Oc4ccccc4)nc3)no2)CC1. The van der Waals surface area contributed by atoms with Crippen LogP contribution in [0.1, 0.15) is 18.7 Å². The van der Waals surface area contributed by atoms with Crippen molar-refractivity contribution in [2.45, 2.75) is 18.4 Å². The molecule has 6 heteroatoms. The van der Waals surface area contributed by atoms with Gasteiger partial charge in [0, 0.05) is 17.8 Å². The molecule has 4 rings (SSSR count). The van der Waals surface area contributed by atoms with E-state index in [1.807, 2.05) is 50.5 Å². The van der Waals surface area contributed by atoms with Gasteiger partial charge in [-0.1, -0.05) is 23.4 Å². The van der Waals surface area contributed by atoms with Gasteiger partial charge in [-0.05, 0) is 45.1 Å². The largest absolute Gasteiger partial charge is 0.439 e. The van der Waals surface area contributed by atoms with Gasteiger partial charge in [0.2, 0.25) is 17.6 Å². The molecule has 0 aliphatic heterocycles. The number of pyridine rings is 1. The lowest BCUT2D eigenvalue weighted by molar-refractivity contribution is 0.208. The van der Waals surface area contributed by atoms with Gasteiger partial charge in [-0.15, -0.1) is 0 Å². The fourth-order valence-electron chi connectivity index (χ4n) is 2.68. The van der Waals surface area contributed by atoms with E-state index in [-0.39, 0.29) is 5.54 Å². The Labute approximate surface area is 140 Å². The van der Waals surface area contributed by atoms with Crippen LogP contribution in [-0.2, 0) is 5.54 Å². The molecule has 0 saturated heterocycles. The van der Waals surface area contributed by atoms with Crippen LogP contribution in [-0.4, -0.2) is 34.1 Å². The second-order valence-electron chi connectivity index (χ2n) is 6.15. The molecule has 2 aromatic heterocycles. The highest BCUT2D eigenvalue weighted by Gasteiger charge is 2.51. The molecule has 1 aliphatic rings. The molecule has 0 atom stereocenters. The summed E-state index contributed by atoms with van der Waals surface area (Å²) in [6.07, 6.45) is 3.79. The van der Waals surface area contributed by atoms with Crippen molar-refractivity contribution in [3.05, 3.63) is 54.6 Å². The molecule has 3 aromatic rings. The van der Waals surface area contributed by atoms with Crippen LogP contribution >= 0.6 is 0 Å². The molecule has 2 heterocycles. The van der Waals surface area contributed by atoms with Gasteiger partial charge >= 0.3 is 0 Å². The quantitative estimate of drug-likeness (QED) is 0.716. The fourth-order valence-corrected chi connectivity index (χ4v) is 2.68. The van der Waals surface area contributed by atoms with Crippen molar-refractivity contribution < 1.29 is 9.26 Å². The van der Waals surface area contributed by atoms with E-state index in [2.05, 4.69) is 20.0 Å². The van der Waals surface area contributed by atoms with E-state index in [0.717, 1.165) is 24.2 Å². The third-order valence-electron chi connectivity index (χ3n) is 4.36. The second kappa shape index (κ2) is 5.72. The van der Waals surface area contributed by atoms with Crippen molar-refractivity contribution >= 4 is 0 Å². The Morgan fingerprint density at radius 3 is 2.50 bits per heavy atom. The number of hydrogen-bond acceptors (Lipinski definition) is 6. The molecule has 0 radical (unpaired) electrons.